The molecule has 0 aliphatic rings. The lowest BCUT2D eigenvalue weighted by molar-refractivity contribution is -0.113. The van der Waals surface area contributed by atoms with E-state index in [1.54, 1.807) is 7.11 Å². The number of methoxy groups -OCH3 is 1. The molecule has 0 unspecified atom stereocenters. The van der Waals surface area contributed by atoms with Crippen molar-refractivity contribution in [3.8, 4) is 28.6 Å². The number of thioether (sulfide) groups is 1. The summed E-state index contributed by atoms with van der Waals surface area (Å²) in [5.74, 6) is 2.12. The fraction of sp³-hybridized carbons (Fsp3) is 0.276. The Morgan fingerprint density at radius 3 is 2.32 bits per heavy atom. The normalized spacial score (nSPS) is 11.3. The first-order chi connectivity index (χ1) is 17.8. The highest BCUT2D eigenvalue weighted by Gasteiger charge is 2.19. The van der Waals surface area contributed by atoms with Crippen LogP contribution in [0, 0.1) is 0 Å². The molecule has 0 saturated heterocycles. The van der Waals surface area contributed by atoms with E-state index in [0.29, 0.717) is 29.0 Å². The summed E-state index contributed by atoms with van der Waals surface area (Å²) in [4.78, 5) is 12.8. The number of anilines is 1. The number of carbonyl (C=O) groups is 1. The van der Waals surface area contributed by atoms with Gasteiger partial charge in [0.25, 0.3) is 0 Å². The van der Waals surface area contributed by atoms with Crippen molar-refractivity contribution in [3.05, 3.63) is 78.4 Å². The zero-order valence-electron chi connectivity index (χ0n) is 21.8. The largest absolute Gasteiger partial charge is 0.497 e. The van der Waals surface area contributed by atoms with Crippen molar-refractivity contribution in [2.45, 2.75) is 38.3 Å². The van der Waals surface area contributed by atoms with Gasteiger partial charge in [0.1, 0.15) is 11.5 Å². The van der Waals surface area contributed by atoms with E-state index < -0.39 is 0 Å². The van der Waals surface area contributed by atoms with Crippen LogP contribution in [0.5, 0.6) is 11.5 Å². The van der Waals surface area contributed by atoms with Gasteiger partial charge in [-0.2, -0.15) is 0 Å². The number of hydrogen-bond donors (Lipinski definition) is 1. The molecule has 0 atom stereocenters. The molecule has 4 rings (SSSR count). The van der Waals surface area contributed by atoms with Crippen molar-refractivity contribution in [3.63, 3.8) is 0 Å². The van der Waals surface area contributed by atoms with Gasteiger partial charge < -0.3 is 14.8 Å². The molecule has 1 amide bonds. The van der Waals surface area contributed by atoms with Crippen molar-refractivity contribution >= 4 is 23.4 Å². The quantitative estimate of drug-likeness (QED) is 0.261. The van der Waals surface area contributed by atoms with E-state index in [4.69, 9.17) is 9.47 Å². The van der Waals surface area contributed by atoms with E-state index in [0.717, 1.165) is 17.0 Å². The second-order valence-electron chi connectivity index (χ2n) is 9.43. The lowest BCUT2D eigenvalue weighted by Crippen LogP contribution is -2.15. The lowest BCUT2D eigenvalue weighted by atomic mass is 9.87. The Balaban J connectivity index is 1.61. The number of hydrogen-bond acceptors (Lipinski definition) is 6. The number of carbonyl (C=O) groups excluding carboxylic acids is 1. The summed E-state index contributed by atoms with van der Waals surface area (Å²) in [7, 11) is 1.64. The van der Waals surface area contributed by atoms with Crippen LogP contribution in [0.4, 0.5) is 5.69 Å². The molecule has 0 spiro atoms. The number of aromatic nitrogens is 3. The number of nitrogens with zero attached hydrogens (tertiary/aromatic N) is 3. The summed E-state index contributed by atoms with van der Waals surface area (Å²) in [6, 6.07) is 23.5. The van der Waals surface area contributed by atoms with Crippen LogP contribution >= 0.6 is 11.8 Å². The first-order valence-electron chi connectivity index (χ1n) is 12.2. The molecular formula is C29H32N4O3S. The van der Waals surface area contributed by atoms with Crippen molar-refractivity contribution in [1.82, 2.24) is 14.8 Å². The van der Waals surface area contributed by atoms with Gasteiger partial charge >= 0.3 is 0 Å². The Labute approximate surface area is 222 Å². The third kappa shape index (κ3) is 6.32. The van der Waals surface area contributed by atoms with Gasteiger partial charge in [0.15, 0.2) is 11.0 Å². The van der Waals surface area contributed by atoms with Gasteiger partial charge in [-0.1, -0.05) is 68.9 Å². The average Bonchev–Trinajstić information content (AvgIpc) is 3.32. The highest BCUT2D eigenvalue weighted by atomic mass is 32.2. The maximum atomic E-state index is 12.8. The Morgan fingerprint density at radius 2 is 1.68 bits per heavy atom. The average molecular weight is 517 g/mol. The van der Waals surface area contributed by atoms with E-state index in [2.05, 4.69) is 60.6 Å². The van der Waals surface area contributed by atoms with Crippen LogP contribution in [-0.4, -0.2) is 40.1 Å². The Bertz CT molecular complexity index is 1340. The zero-order chi connectivity index (χ0) is 26.4. The smallest absolute Gasteiger partial charge is 0.234 e. The van der Waals surface area contributed by atoms with Crippen molar-refractivity contribution in [2.75, 3.05) is 24.8 Å². The summed E-state index contributed by atoms with van der Waals surface area (Å²) in [6.07, 6.45) is 0. The Morgan fingerprint density at radius 1 is 0.973 bits per heavy atom. The van der Waals surface area contributed by atoms with Crippen molar-refractivity contribution in [2.24, 2.45) is 0 Å². The van der Waals surface area contributed by atoms with Gasteiger partial charge in [-0.3, -0.25) is 9.36 Å². The van der Waals surface area contributed by atoms with Crippen LogP contribution < -0.4 is 14.8 Å². The molecule has 0 aliphatic heterocycles. The van der Waals surface area contributed by atoms with E-state index in [1.807, 2.05) is 60.0 Å². The monoisotopic (exact) mass is 516 g/mol. The fourth-order valence-corrected chi connectivity index (χ4v) is 4.55. The summed E-state index contributed by atoms with van der Waals surface area (Å²) < 4.78 is 12.9. The molecule has 1 N–H and O–H groups in total. The minimum Gasteiger partial charge on any atom is -0.497 e. The molecule has 0 saturated carbocycles. The molecule has 0 bridgehead atoms. The van der Waals surface area contributed by atoms with E-state index in [9.17, 15) is 4.79 Å². The maximum absolute atomic E-state index is 12.8. The molecule has 0 radical (unpaired) electrons. The number of rotatable bonds is 9. The SMILES string of the molecule is CCOc1ccccc1NC(=O)CSc1nnc(-c2ccc(C(C)(C)C)cc2)n1-c1ccc(OC)cc1. The summed E-state index contributed by atoms with van der Waals surface area (Å²) in [5, 5.41) is 12.5. The molecule has 4 aromatic rings. The number of para-hydroxylation sites is 2. The summed E-state index contributed by atoms with van der Waals surface area (Å²) in [6.45, 7) is 9.00. The van der Waals surface area contributed by atoms with Crippen LogP contribution in [0.3, 0.4) is 0 Å². The van der Waals surface area contributed by atoms with Gasteiger partial charge in [-0.05, 0) is 54.3 Å². The third-order valence-corrected chi connectivity index (χ3v) is 6.70. The van der Waals surface area contributed by atoms with E-state index >= 15 is 0 Å². The first-order valence-corrected chi connectivity index (χ1v) is 13.1. The van der Waals surface area contributed by atoms with Gasteiger partial charge in [0, 0.05) is 11.3 Å². The highest BCUT2D eigenvalue weighted by Crippen LogP contribution is 2.31. The predicted molar refractivity (Wildman–Crippen MR) is 149 cm³/mol. The maximum Gasteiger partial charge on any atom is 0.234 e. The van der Waals surface area contributed by atoms with Gasteiger partial charge in [-0.25, -0.2) is 0 Å². The van der Waals surface area contributed by atoms with Crippen LogP contribution in [0.2, 0.25) is 0 Å². The minimum absolute atomic E-state index is 0.0529. The Hall–Kier alpha value is -3.78. The molecule has 37 heavy (non-hydrogen) atoms. The second-order valence-corrected chi connectivity index (χ2v) is 10.4. The van der Waals surface area contributed by atoms with Gasteiger partial charge in [-0.15, -0.1) is 10.2 Å². The molecule has 8 heteroatoms. The molecule has 1 heterocycles. The third-order valence-electron chi connectivity index (χ3n) is 5.77. The van der Waals surface area contributed by atoms with Crippen LogP contribution in [0.25, 0.3) is 17.1 Å². The van der Waals surface area contributed by atoms with Crippen LogP contribution in [0.1, 0.15) is 33.3 Å². The first kappa shape index (κ1) is 26.3. The highest BCUT2D eigenvalue weighted by molar-refractivity contribution is 7.99. The molecular weight excluding hydrogens is 484 g/mol. The lowest BCUT2D eigenvalue weighted by Gasteiger charge is -2.19. The van der Waals surface area contributed by atoms with Crippen molar-refractivity contribution in [1.29, 1.82) is 0 Å². The minimum atomic E-state index is -0.155. The number of ether oxygens (including phenoxy) is 2. The van der Waals surface area contributed by atoms with E-state index in [1.165, 1.54) is 17.3 Å². The molecule has 192 valence electrons. The molecule has 1 aromatic heterocycles. The van der Waals surface area contributed by atoms with Crippen LogP contribution in [-0.2, 0) is 10.2 Å². The summed E-state index contributed by atoms with van der Waals surface area (Å²) in [5.41, 5.74) is 3.76. The predicted octanol–water partition coefficient (Wildman–Crippen LogP) is 6.37. The number of amides is 1. The topological polar surface area (TPSA) is 78.3 Å². The molecule has 0 aliphatic carbocycles. The summed E-state index contributed by atoms with van der Waals surface area (Å²) >= 11 is 1.33. The fourth-order valence-electron chi connectivity index (χ4n) is 3.80. The second kappa shape index (κ2) is 11.5. The van der Waals surface area contributed by atoms with Gasteiger partial charge in [0.2, 0.25) is 5.91 Å². The van der Waals surface area contributed by atoms with Crippen LogP contribution in [0.15, 0.2) is 78.0 Å². The van der Waals surface area contributed by atoms with Crippen molar-refractivity contribution < 1.29 is 14.3 Å². The standard InChI is InChI=1S/C29H32N4O3S/c1-6-36-25-10-8-7-9-24(25)30-26(34)19-37-28-32-31-27(20-11-13-21(14-12-20)29(2,3)4)33(28)22-15-17-23(35-5)18-16-22/h7-18H,6,19H2,1-5H3,(H,30,34). The molecule has 0 fully saturated rings. The molecule has 7 nitrogen and oxygen atoms in total. The Kier molecular flexibility index (Phi) is 8.18. The van der Waals surface area contributed by atoms with E-state index in [-0.39, 0.29) is 17.1 Å². The van der Waals surface area contributed by atoms with Gasteiger partial charge in [0.05, 0.1) is 25.2 Å². The number of nitrogens with one attached hydrogen (secondary N) is 1. The number of benzene rings is 3. The zero-order valence-corrected chi connectivity index (χ0v) is 22.6. The molecule has 3 aromatic carbocycles.